The Kier molecular flexibility index (Phi) is 3.53. The molecule has 0 unspecified atom stereocenters. The minimum atomic E-state index is -0.400. The van der Waals surface area contributed by atoms with Gasteiger partial charge in [-0.15, -0.1) is 0 Å². The van der Waals surface area contributed by atoms with Crippen molar-refractivity contribution in [2.75, 3.05) is 12.8 Å². The van der Waals surface area contributed by atoms with Crippen molar-refractivity contribution in [3.63, 3.8) is 0 Å². The first kappa shape index (κ1) is 12.5. The van der Waals surface area contributed by atoms with Crippen LogP contribution in [0.15, 0.2) is 42.5 Å². The van der Waals surface area contributed by atoms with Gasteiger partial charge in [0.1, 0.15) is 0 Å². The van der Waals surface area contributed by atoms with Crippen LogP contribution in [0.25, 0.3) is 11.1 Å². The minimum absolute atomic E-state index is 0.400. The van der Waals surface area contributed by atoms with Crippen molar-refractivity contribution < 1.29 is 9.53 Å². The molecule has 2 rings (SSSR count). The molecule has 0 amide bonds. The second-order valence-corrected chi connectivity index (χ2v) is 4.18. The highest BCUT2D eigenvalue weighted by Gasteiger charge is 2.11. The summed E-state index contributed by atoms with van der Waals surface area (Å²) in [5.41, 5.74) is 8.45. The summed E-state index contributed by atoms with van der Waals surface area (Å²) >= 11 is 6.12. The van der Waals surface area contributed by atoms with Crippen LogP contribution in [-0.2, 0) is 4.74 Å². The molecule has 0 atom stereocenters. The van der Waals surface area contributed by atoms with Gasteiger partial charge in [-0.25, -0.2) is 4.79 Å². The van der Waals surface area contributed by atoms with E-state index in [9.17, 15) is 4.79 Å². The van der Waals surface area contributed by atoms with E-state index in [1.807, 2.05) is 18.2 Å². The number of esters is 1. The fraction of sp³-hybridized carbons (Fsp3) is 0.0714. The quantitative estimate of drug-likeness (QED) is 0.666. The number of hydrogen-bond acceptors (Lipinski definition) is 3. The molecule has 18 heavy (non-hydrogen) atoms. The van der Waals surface area contributed by atoms with Crippen LogP contribution in [0.4, 0.5) is 5.69 Å². The molecule has 0 aliphatic carbocycles. The Hall–Kier alpha value is -2.00. The summed E-state index contributed by atoms with van der Waals surface area (Å²) in [7, 11) is 1.34. The topological polar surface area (TPSA) is 52.3 Å². The zero-order valence-electron chi connectivity index (χ0n) is 9.81. The number of halogens is 1. The molecular formula is C14H12ClNO2. The molecule has 0 spiro atoms. The van der Waals surface area contributed by atoms with Crippen molar-refractivity contribution in [3.05, 3.63) is 53.1 Å². The number of carbonyl (C=O) groups excluding carboxylic acids is 1. The zero-order chi connectivity index (χ0) is 13.1. The third-order valence-corrected chi connectivity index (χ3v) is 2.97. The molecule has 0 saturated carbocycles. The number of nitrogens with two attached hydrogens (primary N) is 1. The van der Waals surface area contributed by atoms with Crippen molar-refractivity contribution in [1.82, 2.24) is 0 Å². The highest BCUT2D eigenvalue weighted by molar-refractivity contribution is 6.33. The molecule has 0 bridgehead atoms. The average molecular weight is 262 g/mol. The normalized spacial score (nSPS) is 10.1. The summed E-state index contributed by atoms with van der Waals surface area (Å²) in [6.07, 6.45) is 0. The Labute approximate surface area is 110 Å². The highest BCUT2D eigenvalue weighted by Crippen LogP contribution is 2.32. The lowest BCUT2D eigenvalue weighted by Crippen LogP contribution is -2.02. The highest BCUT2D eigenvalue weighted by atomic mass is 35.5. The summed E-state index contributed by atoms with van der Waals surface area (Å²) in [6.45, 7) is 0. The van der Waals surface area contributed by atoms with E-state index in [0.717, 1.165) is 11.1 Å². The number of rotatable bonds is 2. The van der Waals surface area contributed by atoms with Crippen LogP contribution in [0.5, 0.6) is 0 Å². The molecule has 2 aromatic rings. The maximum atomic E-state index is 11.5. The van der Waals surface area contributed by atoms with Gasteiger partial charge < -0.3 is 10.5 Å². The van der Waals surface area contributed by atoms with Gasteiger partial charge in [-0.1, -0.05) is 29.8 Å². The van der Waals surface area contributed by atoms with Crippen molar-refractivity contribution in [1.29, 1.82) is 0 Å². The van der Waals surface area contributed by atoms with E-state index in [2.05, 4.69) is 4.74 Å². The van der Waals surface area contributed by atoms with E-state index in [0.29, 0.717) is 16.3 Å². The second kappa shape index (κ2) is 5.10. The molecular weight excluding hydrogens is 250 g/mol. The predicted octanol–water partition coefficient (Wildman–Crippen LogP) is 3.38. The van der Waals surface area contributed by atoms with Gasteiger partial charge in [0.25, 0.3) is 0 Å². The van der Waals surface area contributed by atoms with Crippen LogP contribution in [0.1, 0.15) is 10.4 Å². The minimum Gasteiger partial charge on any atom is -0.465 e. The third-order valence-electron chi connectivity index (χ3n) is 2.64. The van der Waals surface area contributed by atoms with E-state index < -0.39 is 5.97 Å². The van der Waals surface area contributed by atoms with E-state index in [1.165, 1.54) is 7.11 Å². The van der Waals surface area contributed by atoms with Crippen molar-refractivity contribution in [3.8, 4) is 11.1 Å². The Morgan fingerprint density at radius 1 is 1.17 bits per heavy atom. The standard InChI is InChI=1S/C14H12ClNO2/c1-18-14(17)9-6-7-13(16)11(8-9)10-4-2-3-5-12(10)15/h2-8H,16H2,1H3. The molecule has 3 nitrogen and oxygen atoms in total. The van der Waals surface area contributed by atoms with Gasteiger partial charge in [0, 0.05) is 21.8 Å². The SMILES string of the molecule is COC(=O)c1ccc(N)c(-c2ccccc2Cl)c1. The van der Waals surface area contributed by atoms with Crippen LogP contribution in [0, 0.1) is 0 Å². The molecule has 0 saturated heterocycles. The van der Waals surface area contributed by atoms with Gasteiger partial charge in [-0.05, 0) is 24.3 Å². The molecule has 0 heterocycles. The zero-order valence-corrected chi connectivity index (χ0v) is 10.6. The number of nitrogen functional groups attached to an aromatic ring is 1. The van der Waals surface area contributed by atoms with Gasteiger partial charge in [0.2, 0.25) is 0 Å². The number of ether oxygens (including phenoxy) is 1. The predicted molar refractivity (Wildman–Crippen MR) is 72.6 cm³/mol. The number of hydrogen-bond donors (Lipinski definition) is 1. The lowest BCUT2D eigenvalue weighted by Gasteiger charge is -2.09. The Balaban J connectivity index is 2.57. The fourth-order valence-corrected chi connectivity index (χ4v) is 1.95. The molecule has 0 aliphatic heterocycles. The van der Waals surface area contributed by atoms with Gasteiger partial charge in [-0.3, -0.25) is 0 Å². The average Bonchev–Trinajstić information content (AvgIpc) is 2.39. The maximum Gasteiger partial charge on any atom is 0.337 e. The maximum absolute atomic E-state index is 11.5. The Morgan fingerprint density at radius 2 is 1.89 bits per heavy atom. The van der Waals surface area contributed by atoms with Crippen LogP contribution in [-0.4, -0.2) is 13.1 Å². The lowest BCUT2D eigenvalue weighted by molar-refractivity contribution is 0.0601. The summed E-state index contributed by atoms with van der Waals surface area (Å²) in [5.74, 6) is -0.400. The second-order valence-electron chi connectivity index (χ2n) is 3.77. The Bertz CT molecular complexity index is 596. The van der Waals surface area contributed by atoms with Crippen LogP contribution in [0.2, 0.25) is 5.02 Å². The van der Waals surface area contributed by atoms with Crippen molar-refractivity contribution in [2.45, 2.75) is 0 Å². The first-order chi connectivity index (χ1) is 8.63. The molecule has 0 aromatic heterocycles. The van der Waals surface area contributed by atoms with E-state index in [4.69, 9.17) is 17.3 Å². The van der Waals surface area contributed by atoms with Crippen LogP contribution in [0.3, 0.4) is 0 Å². The summed E-state index contributed by atoms with van der Waals surface area (Å²) in [6, 6.07) is 12.3. The number of carbonyl (C=O) groups is 1. The summed E-state index contributed by atoms with van der Waals surface area (Å²) < 4.78 is 4.68. The molecule has 4 heteroatoms. The van der Waals surface area contributed by atoms with Gasteiger partial charge in [0.15, 0.2) is 0 Å². The number of methoxy groups -OCH3 is 1. The van der Waals surface area contributed by atoms with Gasteiger partial charge in [0.05, 0.1) is 12.7 Å². The molecule has 0 aliphatic rings. The molecule has 0 fully saturated rings. The third kappa shape index (κ3) is 2.31. The van der Waals surface area contributed by atoms with Crippen LogP contribution >= 0.6 is 11.6 Å². The summed E-state index contributed by atoms with van der Waals surface area (Å²) in [4.78, 5) is 11.5. The van der Waals surface area contributed by atoms with E-state index in [1.54, 1.807) is 24.3 Å². The molecule has 2 aromatic carbocycles. The molecule has 92 valence electrons. The molecule has 0 radical (unpaired) electrons. The first-order valence-electron chi connectivity index (χ1n) is 5.36. The first-order valence-corrected chi connectivity index (χ1v) is 5.74. The van der Waals surface area contributed by atoms with Gasteiger partial charge in [-0.2, -0.15) is 0 Å². The number of benzene rings is 2. The number of anilines is 1. The monoisotopic (exact) mass is 261 g/mol. The molecule has 2 N–H and O–H groups in total. The van der Waals surface area contributed by atoms with E-state index in [-0.39, 0.29) is 0 Å². The van der Waals surface area contributed by atoms with E-state index >= 15 is 0 Å². The van der Waals surface area contributed by atoms with Gasteiger partial charge >= 0.3 is 5.97 Å². The van der Waals surface area contributed by atoms with Crippen molar-refractivity contribution >= 4 is 23.3 Å². The lowest BCUT2D eigenvalue weighted by atomic mass is 10.0. The largest absolute Gasteiger partial charge is 0.465 e. The van der Waals surface area contributed by atoms with Crippen molar-refractivity contribution in [2.24, 2.45) is 0 Å². The fourth-order valence-electron chi connectivity index (χ4n) is 1.71. The smallest absolute Gasteiger partial charge is 0.337 e. The van der Waals surface area contributed by atoms with Crippen LogP contribution < -0.4 is 5.73 Å². The Morgan fingerprint density at radius 3 is 2.56 bits per heavy atom. The summed E-state index contributed by atoms with van der Waals surface area (Å²) in [5, 5.41) is 0.589.